The van der Waals surface area contributed by atoms with Crippen molar-refractivity contribution in [2.75, 3.05) is 13.2 Å². The van der Waals surface area contributed by atoms with E-state index in [0.717, 1.165) is 6.42 Å². The molecule has 0 atom stereocenters. The lowest BCUT2D eigenvalue weighted by molar-refractivity contribution is -0.171. The first-order valence-corrected chi connectivity index (χ1v) is 10.5. The van der Waals surface area contributed by atoms with Crippen molar-refractivity contribution >= 4 is 75.9 Å². The minimum atomic E-state index is -1.78. The highest BCUT2D eigenvalue weighted by molar-refractivity contribution is 6.67. The predicted octanol–water partition coefficient (Wildman–Crippen LogP) is 5.32. The molecule has 11 heteroatoms. The van der Waals surface area contributed by atoms with Crippen molar-refractivity contribution in [3.8, 4) is 0 Å². The van der Waals surface area contributed by atoms with Gasteiger partial charge in [0.05, 0.1) is 6.42 Å². The van der Waals surface area contributed by atoms with E-state index in [4.69, 9.17) is 67.5 Å². The van der Waals surface area contributed by atoms with Crippen LogP contribution in [0.4, 0.5) is 0 Å². The second-order valence-electron chi connectivity index (χ2n) is 6.61. The first-order valence-electron chi connectivity index (χ1n) is 8.66. The van der Waals surface area contributed by atoms with E-state index in [-0.39, 0.29) is 5.57 Å². The molecule has 0 N–H and O–H groups in total. The number of ether oxygens (including phenoxy) is 3. The number of halogens is 5. The number of esters is 3. The quantitative estimate of drug-likeness (QED) is 0.201. The van der Waals surface area contributed by atoms with E-state index in [1.54, 1.807) is 18.2 Å². The lowest BCUT2D eigenvalue weighted by Gasteiger charge is -2.41. The zero-order valence-electron chi connectivity index (χ0n) is 15.5. The van der Waals surface area contributed by atoms with Crippen LogP contribution in [0.3, 0.4) is 0 Å². The Kier molecular flexibility index (Phi) is 8.71. The summed E-state index contributed by atoms with van der Waals surface area (Å²) in [6, 6.07) is 4.95. The molecule has 1 aliphatic rings. The average molecular weight is 519 g/mol. The Hall–Kier alpha value is -1.18. The fourth-order valence-electron chi connectivity index (χ4n) is 2.70. The molecule has 0 amide bonds. The van der Waals surface area contributed by atoms with Crippen LogP contribution >= 0.6 is 58.0 Å². The van der Waals surface area contributed by atoms with E-state index in [0.29, 0.717) is 28.5 Å². The second-order valence-corrected chi connectivity index (χ2v) is 10.0. The molecular weight excluding hydrogens is 501 g/mol. The summed E-state index contributed by atoms with van der Waals surface area (Å²) in [6.07, 6.45) is 1.64. The van der Waals surface area contributed by atoms with Crippen LogP contribution in [0.25, 0.3) is 0 Å². The maximum atomic E-state index is 12.4. The monoisotopic (exact) mass is 516 g/mol. The van der Waals surface area contributed by atoms with Crippen molar-refractivity contribution in [2.45, 2.75) is 35.1 Å². The number of alkyl halides is 3. The van der Waals surface area contributed by atoms with Crippen LogP contribution in [0.2, 0.25) is 10.0 Å². The number of hydrogen-bond acceptors (Lipinski definition) is 6. The molecule has 0 bridgehead atoms. The maximum absolute atomic E-state index is 12.4. The smallest absolute Gasteiger partial charge is 0.344 e. The zero-order chi connectivity index (χ0) is 22.5. The molecule has 30 heavy (non-hydrogen) atoms. The molecule has 0 saturated heterocycles. The third-order valence-corrected chi connectivity index (χ3v) is 4.99. The van der Waals surface area contributed by atoms with Crippen molar-refractivity contribution in [3.05, 3.63) is 46.0 Å². The van der Waals surface area contributed by atoms with Crippen molar-refractivity contribution in [3.63, 3.8) is 0 Å². The predicted molar refractivity (Wildman–Crippen MR) is 114 cm³/mol. The Morgan fingerprint density at radius 1 is 1.00 bits per heavy atom. The Morgan fingerprint density at radius 3 is 2.10 bits per heavy atom. The molecule has 6 nitrogen and oxygen atoms in total. The molecule has 164 valence electrons. The van der Waals surface area contributed by atoms with Crippen LogP contribution < -0.4 is 0 Å². The van der Waals surface area contributed by atoms with Crippen LogP contribution in [-0.2, 0) is 34.2 Å². The standard InChI is InChI=1S/C19H17Cl5O6/c1-11(17(27)28-9-16(26)29-10-19(22,23)24)5-15(25)30-18(3-2-4-18)12-6-13(20)8-14(21)7-12/h6-8H,1-5,9-10H2. The fraction of sp³-hybridized carbons (Fsp3) is 0.421. The van der Waals surface area contributed by atoms with Gasteiger partial charge in [-0.1, -0.05) is 64.6 Å². The van der Waals surface area contributed by atoms with E-state index < -0.39 is 46.9 Å². The van der Waals surface area contributed by atoms with Gasteiger partial charge < -0.3 is 14.2 Å². The molecule has 1 aromatic rings. The molecule has 1 aromatic carbocycles. The summed E-state index contributed by atoms with van der Waals surface area (Å²) >= 11 is 28.4. The van der Waals surface area contributed by atoms with E-state index in [1.807, 2.05) is 0 Å². The summed E-state index contributed by atoms with van der Waals surface area (Å²) in [4.78, 5) is 35.8. The second kappa shape index (κ2) is 10.4. The molecule has 0 radical (unpaired) electrons. The Morgan fingerprint density at radius 2 is 1.60 bits per heavy atom. The number of hydrogen-bond donors (Lipinski definition) is 0. The van der Waals surface area contributed by atoms with Crippen molar-refractivity contribution in [1.82, 2.24) is 0 Å². The number of benzene rings is 1. The van der Waals surface area contributed by atoms with Gasteiger partial charge in [-0.2, -0.15) is 0 Å². The van der Waals surface area contributed by atoms with Gasteiger partial charge in [0, 0.05) is 15.6 Å². The lowest BCUT2D eigenvalue weighted by Crippen LogP contribution is -2.39. The van der Waals surface area contributed by atoms with Crippen molar-refractivity contribution < 1.29 is 28.6 Å². The normalized spacial score (nSPS) is 15.0. The third kappa shape index (κ3) is 7.50. The molecule has 1 aliphatic carbocycles. The highest BCUT2D eigenvalue weighted by atomic mass is 35.6. The summed E-state index contributed by atoms with van der Waals surface area (Å²) in [7, 11) is 0. The SMILES string of the molecule is C=C(CC(=O)OC1(c2cc(Cl)cc(Cl)c2)CCC1)C(=O)OCC(=O)OCC(Cl)(Cl)Cl. The highest BCUT2D eigenvalue weighted by Gasteiger charge is 2.43. The molecule has 0 heterocycles. The van der Waals surface area contributed by atoms with Gasteiger partial charge in [-0.05, 0) is 43.0 Å². The van der Waals surface area contributed by atoms with Crippen molar-refractivity contribution in [2.24, 2.45) is 0 Å². The van der Waals surface area contributed by atoms with Crippen LogP contribution in [0.1, 0.15) is 31.2 Å². The molecule has 0 spiro atoms. The molecule has 2 rings (SSSR count). The van der Waals surface area contributed by atoms with Gasteiger partial charge in [0.25, 0.3) is 0 Å². The highest BCUT2D eigenvalue weighted by Crippen LogP contribution is 2.46. The van der Waals surface area contributed by atoms with E-state index in [9.17, 15) is 14.4 Å². The summed E-state index contributed by atoms with van der Waals surface area (Å²) in [5, 5.41) is 0.851. The minimum Gasteiger partial charge on any atom is -0.459 e. The van der Waals surface area contributed by atoms with Crippen LogP contribution in [0, 0.1) is 0 Å². The maximum Gasteiger partial charge on any atom is 0.344 e. The third-order valence-electron chi connectivity index (χ3n) is 4.22. The van der Waals surface area contributed by atoms with Gasteiger partial charge in [0.15, 0.2) is 6.61 Å². The van der Waals surface area contributed by atoms with Crippen molar-refractivity contribution in [1.29, 1.82) is 0 Å². The lowest BCUT2D eigenvalue weighted by atomic mass is 9.75. The first kappa shape index (κ1) is 25.1. The molecule has 0 aliphatic heterocycles. The van der Waals surface area contributed by atoms with Gasteiger partial charge in [0.2, 0.25) is 3.79 Å². The summed E-state index contributed by atoms with van der Waals surface area (Å²) in [5.41, 5.74) is -0.353. The first-order chi connectivity index (χ1) is 13.9. The number of carbonyl (C=O) groups is 3. The van der Waals surface area contributed by atoms with Crippen LogP contribution in [-0.4, -0.2) is 34.9 Å². The van der Waals surface area contributed by atoms with Crippen LogP contribution in [0.15, 0.2) is 30.4 Å². The van der Waals surface area contributed by atoms with E-state index in [1.165, 1.54) is 0 Å². The molecule has 1 saturated carbocycles. The van der Waals surface area contributed by atoms with Gasteiger partial charge in [-0.15, -0.1) is 0 Å². The van der Waals surface area contributed by atoms with Gasteiger partial charge >= 0.3 is 17.9 Å². The van der Waals surface area contributed by atoms with E-state index in [2.05, 4.69) is 11.3 Å². The summed E-state index contributed by atoms with van der Waals surface area (Å²) in [6.45, 7) is 2.27. The van der Waals surface area contributed by atoms with E-state index >= 15 is 0 Å². The Balaban J connectivity index is 1.86. The largest absolute Gasteiger partial charge is 0.459 e. The van der Waals surface area contributed by atoms with Gasteiger partial charge in [-0.25, -0.2) is 9.59 Å². The minimum absolute atomic E-state index is 0.187. The average Bonchev–Trinajstić information content (AvgIpc) is 2.59. The Bertz CT molecular complexity index is 824. The van der Waals surface area contributed by atoms with Gasteiger partial charge in [0.1, 0.15) is 12.2 Å². The van der Waals surface area contributed by atoms with Crippen LogP contribution in [0.5, 0.6) is 0 Å². The summed E-state index contributed by atoms with van der Waals surface area (Å²) in [5.74, 6) is -2.55. The molecule has 0 unspecified atom stereocenters. The number of carbonyl (C=O) groups excluding carboxylic acids is 3. The topological polar surface area (TPSA) is 78.9 Å². The fourth-order valence-corrected chi connectivity index (χ4v) is 3.39. The Labute approximate surface area is 198 Å². The number of rotatable bonds is 8. The molecule has 1 fully saturated rings. The van der Waals surface area contributed by atoms with Gasteiger partial charge in [-0.3, -0.25) is 4.79 Å². The zero-order valence-corrected chi connectivity index (χ0v) is 19.3. The molecule has 0 aromatic heterocycles. The summed E-state index contributed by atoms with van der Waals surface area (Å²) < 4.78 is 13.2. The molecular formula is C19H17Cl5O6.